The van der Waals surface area contributed by atoms with Crippen LogP contribution in [0.5, 0.6) is 0 Å². The van der Waals surface area contributed by atoms with Gasteiger partial charge in [-0.25, -0.2) is 0 Å². The first-order valence-electron chi connectivity index (χ1n) is 6.70. The first-order valence-corrected chi connectivity index (χ1v) is 6.70. The lowest BCUT2D eigenvalue weighted by molar-refractivity contribution is -0.384. The fourth-order valence-corrected chi connectivity index (χ4v) is 2.22. The molecule has 0 amide bonds. The van der Waals surface area contributed by atoms with E-state index in [-0.39, 0.29) is 18.2 Å². The highest BCUT2D eigenvalue weighted by Gasteiger charge is 2.32. The van der Waals surface area contributed by atoms with Gasteiger partial charge >= 0.3 is 5.97 Å². The van der Waals surface area contributed by atoms with E-state index < -0.39 is 4.92 Å². The molecule has 1 fully saturated rings. The van der Waals surface area contributed by atoms with Gasteiger partial charge in [-0.05, 0) is 38.3 Å². The first kappa shape index (κ1) is 14.3. The highest BCUT2D eigenvalue weighted by Crippen LogP contribution is 2.34. The molecule has 1 aromatic rings. The summed E-state index contributed by atoms with van der Waals surface area (Å²) in [4.78, 5) is 24.0. The number of nitro benzene ring substituents is 1. The quantitative estimate of drug-likeness (QED) is 0.454. The highest BCUT2D eigenvalue weighted by molar-refractivity contribution is 5.77. The van der Waals surface area contributed by atoms with Gasteiger partial charge in [-0.1, -0.05) is 0 Å². The van der Waals surface area contributed by atoms with Gasteiger partial charge in [0.1, 0.15) is 6.54 Å². The Bertz CT molecular complexity index is 526. The van der Waals surface area contributed by atoms with Gasteiger partial charge in [-0.15, -0.1) is 0 Å². The standard InChI is InChI=1S/C14H18N2O4/c1-3-20-14(17)9-15(11-4-5-11)13-7-6-12(16(18)19)8-10(13)2/h6-8,11H,3-5,9H2,1-2H3. The van der Waals surface area contributed by atoms with Crippen LogP contribution in [0.3, 0.4) is 0 Å². The SMILES string of the molecule is CCOC(=O)CN(c1ccc([N+](=O)[O-])cc1C)C1CC1. The molecule has 0 unspecified atom stereocenters. The Hall–Kier alpha value is -2.11. The number of hydrogen-bond donors (Lipinski definition) is 0. The zero-order valence-electron chi connectivity index (χ0n) is 11.7. The van der Waals surface area contributed by atoms with E-state index in [0.29, 0.717) is 12.6 Å². The summed E-state index contributed by atoms with van der Waals surface area (Å²) in [5, 5.41) is 10.8. The monoisotopic (exact) mass is 278 g/mol. The van der Waals surface area contributed by atoms with Gasteiger partial charge in [0.15, 0.2) is 0 Å². The van der Waals surface area contributed by atoms with Crippen molar-refractivity contribution in [3.63, 3.8) is 0 Å². The van der Waals surface area contributed by atoms with Crippen LogP contribution in [0.25, 0.3) is 0 Å². The molecule has 0 bridgehead atoms. The van der Waals surface area contributed by atoms with Crippen LogP contribution in [0.4, 0.5) is 11.4 Å². The van der Waals surface area contributed by atoms with E-state index in [9.17, 15) is 14.9 Å². The average molecular weight is 278 g/mol. The first-order chi connectivity index (χ1) is 9.52. The second-order valence-corrected chi connectivity index (χ2v) is 4.89. The molecule has 6 heteroatoms. The molecule has 0 aromatic heterocycles. The van der Waals surface area contributed by atoms with E-state index in [0.717, 1.165) is 24.1 Å². The van der Waals surface area contributed by atoms with E-state index in [1.54, 1.807) is 13.0 Å². The lowest BCUT2D eigenvalue weighted by Crippen LogP contribution is -2.33. The van der Waals surface area contributed by atoms with Crippen LogP contribution < -0.4 is 4.90 Å². The van der Waals surface area contributed by atoms with Crippen molar-refractivity contribution < 1.29 is 14.5 Å². The van der Waals surface area contributed by atoms with Crippen molar-refractivity contribution in [1.82, 2.24) is 0 Å². The molecule has 1 aliphatic carbocycles. The maximum absolute atomic E-state index is 11.7. The Kier molecular flexibility index (Phi) is 4.22. The number of non-ortho nitro benzene ring substituents is 1. The van der Waals surface area contributed by atoms with Crippen LogP contribution in [-0.4, -0.2) is 30.1 Å². The molecule has 20 heavy (non-hydrogen) atoms. The lowest BCUT2D eigenvalue weighted by Gasteiger charge is -2.25. The molecular weight excluding hydrogens is 260 g/mol. The molecule has 108 valence electrons. The van der Waals surface area contributed by atoms with Crippen molar-refractivity contribution in [2.24, 2.45) is 0 Å². The number of carbonyl (C=O) groups excluding carboxylic acids is 1. The molecule has 1 aliphatic rings. The number of anilines is 1. The number of nitrogens with zero attached hydrogens (tertiary/aromatic N) is 2. The Morgan fingerprint density at radius 3 is 2.70 bits per heavy atom. The maximum atomic E-state index is 11.7. The molecule has 0 N–H and O–H groups in total. The fourth-order valence-electron chi connectivity index (χ4n) is 2.22. The number of carbonyl (C=O) groups is 1. The highest BCUT2D eigenvalue weighted by atomic mass is 16.6. The summed E-state index contributed by atoms with van der Waals surface area (Å²) in [7, 11) is 0. The maximum Gasteiger partial charge on any atom is 0.325 e. The molecule has 0 aliphatic heterocycles. The predicted molar refractivity (Wildman–Crippen MR) is 74.8 cm³/mol. The summed E-state index contributed by atoms with van der Waals surface area (Å²) >= 11 is 0. The third-order valence-corrected chi connectivity index (χ3v) is 3.29. The summed E-state index contributed by atoms with van der Waals surface area (Å²) in [6.07, 6.45) is 2.08. The third kappa shape index (κ3) is 3.26. The van der Waals surface area contributed by atoms with Crippen LogP contribution in [0.15, 0.2) is 18.2 Å². The Morgan fingerprint density at radius 1 is 1.50 bits per heavy atom. The topological polar surface area (TPSA) is 72.7 Å². The van der Waals surface area contributed by atoms with Gasteiger partial charge < -0.3 is 9.64 Å². The minimum atomic E-state index is -0.413. The van der Waals surface area contributed by atoms with Crippen molar-refractivity contribution in [2.75, 3.05) is 18.1 Å². The number of rotatable bonds is 6. The molecule has 2 rings (SSSR count). The third-order valence-electron chi connectivity index (χ3n) is 3.29. The van der Waals surface area contributed by atoms with Crippen molar-refractivity contribution in [2.45, 2.75) is 32.7 Å². The number of benzene rings is 1. The van der Waals surface area contributed by atoms with Crippen molar-refractivity contribution >= 4 is 17.3 Å². The Balaban J connectivity index is 2.21. The van der Waals surface area contributed by atoms with Crippen LogP contribution in [0.1, 0.15) is 25.3 Å². The number of ether oxygens (including phenoxy) is 1. The summed E-state index contributed by atoms with van der Waals surface area (Å²) in [6.45, 7) is 4.15. The average Bonchev–Trinajstić information content (AvgIpc) is 3.20. The number of aryl methyl sites for hydroxylation is 1. The zero-order valence-corrected chi connectivity index (χ0v) is 11.7. The van der Waals surface area contributed by atoms with Crippen molar-refractivity contribution in [1.29, 1.82) is 0 Å². The minimum absolute atomic E-state index is 0.0677. The molecule has 0 saturated heterocycles. The second kappa shape index (κ2) is 5.90. The molecule has 0 radical (unpaired) electrons. The van der Waals surface area contributed by atoms with E-state index in [1.165, 1.54) is 12.1 Å². The van der Waals surface area contributed by atoms with Gasteiger partial charge in [0.2, 0.25) is 0 Å². The van der Waals surface area contributed by atoms with E-state index in [4.69, 9.17) is 4.74 Å². The van der Waals surface area contributed by atoms with E-state index in [2.05, 4.69) is 0 Å². The van der Waals surface area contributed by atoms with Crippen LogP contribution in [0.2, 0.25) is 0 Å². The number of esters is 1. The summed E-state index contributed by atoms with van der Waals surface area (Å²) in [5.74, 6) is -0.267. The largest absolute Gasteiger partial charge is 0.465 e. The van der Waals surface area contributed by atoms with Gasteiger partial charge in [-0.3, -0.25) is 14.9 Å². The summed E-state index contributed by atoms with van der Waals surface area (Å²) in [6, 6.07) is 5.06. The van der Waals surface area contributed by atoms with E-state index in [1.807, 2.05) is 11.8 Å². The van der Waals surface area contributed by atoms with Crippen LogP contribution >= 0.6 is 0 Å². The van der Waals surface area contributed by atoms with Gasteiger partial charge in [0, 0.05) is 23.9 Å². The van der Waals surface area contributed by atoms with Gasteiger partial charge in [0.25, 0.3) is 5.69 Å². The van der Waals surface area contributed by atoms with Crippen LogP contribution in [0, 0.1) is 17.0 Å². The lowest BCUT2D eigenvalue weighted by atomic mass is 10.1. The molecular formula is C14H18N2O4. The van der Waals surface area contributed by atoms with Gasteiger partial charge in [-0.2, -0.15) is 0 Å². The van der Waals surface area contributed by atoms with Gasteiger partial charge in [0.05, 0.1) is 11.5 Å². The van der Waals surface area contributed by atoms with E-state index >= 15 is 0 Å². The Labute approximate surface area is 117 Å². The predicted octanol–water partition coefficient (Wildman–Crippen LogP) is 2.44. The zero-order chi connectivity index (χ0) is 14.7. The number of nitro groups is 1. The van der Waals surface area contributed by atoms with Crippen molar-refractivity contribution in [3.8, 4) is 0 Å². The molecule has 0 atom stereocenters. The molecule has 0 heterocycles. The summed E-state index contributed by atoms with van der Waals surface area (Å²) in [5.41, 5.74) is 1.74. The normalized spacial score (nSPS) is 13.9. The summed E-state index contributed by atoms with van der Waals surface area (Å²) < 4.78 is 4.98. The smallest absolute Gasteiger partial charge is 0.325 e. The minimum Gasteiger partial charge on any atom is -0.465 e. The fraction of sp³-hybridized carbons (Fsp3) is 0.500. The molecule has 6 nitrogen and oxygen atoms in total. The molecule has 1 aromatic carbocycles. The van der Waals surface area contributed by atoms with Crippen LogP contribution in [-0.2, 0) is 9.53 Å². The second-order valence-electron chi connectivity index (χ2n) is 4.89. The Morgan fingerprint density at radius 2 is 2.20 bits per heavy atom. The molecule has 0 spiro atoms. The number of hydrogen-bond acceptors (Lipinski definition) is 5. The molecule has 1 saturated carbocycles. The van der Waals surface area contributed by atoms with Crippen molar-refractivity contribution in [3.05, 3.63) is 33.9 Å².